The normalized spacial score (nSPS) is 15.2. The number of hydrogen-bond acceptors (Lipinski definition) is 4. The van der Waals surface area contributed by atoms with Crippen LogP contribution in [-0.2, 0) is 17.5 Å². The van der Waals surface area contributed by atoms with Gasteiger partial charge in [0, 0.05) is 36.7 Å². The summed E-state index contributed by atoms with van der Waals surface area (Å²) in [6.45, 7) is 5.61. The largest absolute Gasteiger partial charge is 0.451 e. The second kappa shape index (κ2) is 13.0. The SMILES string of the molecule is CCC/C=C/NC(=NCc1cnc(C(F)(F)F)nc1)c1cc(-c2ccc(F)cc2)cc(C2CCOCC2)c1C. The van der Waals surface area contributed by atoms with Crippen LogP contribution in [0.3, 0.4) is 0 Å². The Bertz CT molecular complexity index is 1300. The third-order valence-corrected chi connectivity index (χ3v) is 6.71. The average Bonchev–Trinajstić information content (AvgIpc) is 2.94. The Morgan fingerprint density at radius 1 is 1.08 bits per heavy atom. The van der Waals surface area contributed by atoms with Gasteiger partial charge in [-0.25, -0.2) is 14.4 Å². The summed E-state index contributed by atoms with van der Waals surface area (Å²) in [4.78, 5) is 11.7. The third-order valence-electron chi connectivity index (χ3n) is 6.71. The van der Waals surface area contributed by atoms with Crippen LogP contribution in [0.2, 0.25) is 0 Å². The van der Waals surface area contributed by atoms with E-state index in [4.69, 9.17) is 9.73 Å². The minimum atomic E-state index is -4.60. The second-order valence-corrected chi connectivity index (χ2v) is 9.54. The Hall–Kier alpha value is -3.59. The van der Waals surface area contributed by atoms with Crippen molar-refractivity contribution in [2.45, 2.75) is 58.2 Å². The van der Waals surface area contributed by atoms with Gasteiger partial charge in [-0.15, -0.1) is 0 Å². The lowest BCUT2D eigenvalue weighted by Crippen LogP contribution is -2.22. The number of aromatic nitrogens is 2. The molecular weight excluding hydrogens is 508 g/mol. The number of hydrogen-bond donors (Lipinski definition) is 1. The molecule has 1 saturated heterocycles. The van der Waals surface area contributed by atoms with Crippen LogP contribution in [0.4, 0.5) is 17.6 Å². The summed E-state index contributed by atoms with van der Waals surface area (Å²) in [5.41, 5.74) is 5.38. The first kappa shape index (κ1) is 28.4. The van der Waals surface area contributed by atoms with Crippen LogP contribution in [0.15, 0.2) is 66.1 Å². The lowest BCUT2D eigenvalue weighted by atomic mass is 9.84. The number of aliphatic imine (C=N–C) groups is 1. The van der Waals surface area contributed by atoms with E-state index >= 15 is 0 Å². The molecule has 2 heterocycles. The summed E-state index contributed by atoms with van der Waals surface area (Å²) < 4.78 is 57.9. The molecule has 4 rings (SSSR count). The molecule has 0 bridgehead atoms. The van der Waals surface area contributed by atoms with Gasteiger partial charge in [0.15, 0.2) is 0 Å². The highest BCUT2D eigenvalue weighted by Crippen LogP contribution is 2.35. The number of nitrogens with one attached hydrogen (secondary N) is 1. The van der Waals surface area contributed by atoms with Gasteiger partial charge in [-0.3, -0.25) is 4.99 Å². The lowest BCUT2D eigenvalue weighted by Gasteiger charge is -2.26. The smallest absolute Gasteiger partial charge is 0.381 e. The Morgan fingerprint density at radius 2 is 1.77 bits per heavy atom. The summed E-state index contributed by atoms with van der Waals surface area (Å²) in [6, 6.07) is 10.6. The van der Waals surface area contributed by atoms with E-state index in [1.807, 2.05) is 18.3 Å². The Kier molecular flexibility index (Phi) is 9.45. The van der Waals surface area contributed by atoms with Crippen molar-refractivity contribution in [1.29, 1.82) is 0 Å². The van der Waals surface area contributed by atoms with Crippen LogP contribution >= 0.6 is 0 Å². The number of rotatable bonds is 8. The highest BCUT2D eigenvalue weighted by molar-refractivity contribution is 6.02. The first-order valence-corrected chi connectivity index (χ1v) is 13.1. The molecule has 5 nitrogen and oxygen atoms in total. The van der Waals surface area contributed by atoms with Gasteiger partial charge < -0.3 is 10.1 Å². The minimum absolute atomic E-state index is 0.0922. The van der Waals surface area contributed by atoms with Crippen molar-refractivity contribution >= 4 is 5.84 Å². The number of nitrogens with zero attached hydrogens (tertiary/aromatic N) is 3. The van der Waals surface area contributed by atoms with Gasteiger partial charge in [0.05, 0.1) is 6.54 Å². The molecule has 9 heteroatoms. The zero-order valence-corrected chi connectivity index (χ0v) is 22.1. The van der Waals surface area contributed by atoms with Gasteiger partial charge in [-0.2, -0.15) is 13.2 Å². The van der Waals surface area contributed by atoms with E-state index in [1.54, 1.807) is 12.1 Å². The molecule has 3 aromatic rings. The highest BCUT2D eigenvalue weighted by atomic mass is 19.4. The van der Waals surface area contributed by atoms with E-state index in [2.05, 4.69) is 35.2 Å². The Balaban J connectivity index is 1.77. The molecule has 2 aromatic carbocycles. The summed E-state index contributed by atoms with van der Waals surface area (Å²) in [5, 5.41) is 3.30. The zero-order chi connectivity index (χ0) is 27.8. The predicted molar refractivity (Wildman–Crippen MR) is 144 cm³/mol. The molecule has 39 heavy (non-hydrogen) atoms. The van der Waals surface area contributed by atoms with E-state index in [0.29, 0.717) is 30.5 Å². The van der Waals surface area contributed by atoms with E-state index in [-0.39, 0.29) is 12.4 Å². The van der Waals surface area contributed by atoms with Crippen LogP contribution in [-0.4, -0.2) is 29.0 Å². The fraction of sp³-hybridized carbons (Fsp3) is 0.367. The molecule has 1 aromatic heterocycles. The predicted octanol–water partition coefficient (Wildman–Crippen LogP) is 7.35. The number of unbranched alkanes of at least 4 members (excludes halogenated alkanes) is 1. The third kappa shape index (κ3) is 7.50. The first-order chi connectivity index (χ1) is 18.8. The summed E-state index contributed by atoms with van der Waals surface area (Å²) in [7, 11) is 0. The van der Waals surface area contributed by atoms with Crippen molar-refractivity contribution in [3.63, 3.8) is 0 Å². The van der Waals surface area contributed by atoms with E-state index in [9.17, 15) is 17.6 Å². The Labute approximate surface area is 226 Å². The monoisotopic (exact) mass is 540 g/mol. The molecule has 0 amide bonds. The molecule has 0 aliphatic carbocycles. The summed E-state index contributed by atoms with van der Waals surface area (Å²) >= 11 is 0. The van der Waals surface area contributed by atoms with Crippen LogP contribution in [0.1, 0.15) is 66.6 Å². The minimum Gasteiger partial charge on any atom is -0.381 e. The van der Waals surface area contributed by atoms with Crippen molar-refractivity contribution in [1.82, 2.24) is 15.3 Å². The van der Waals surface area contributed by atoms with Crippen LogP contribution < -0.4 is 5.32 Å². The standard InChI is InChI=1S/C30H32F4N4O/c1-3-4-5-12-35-28(36-17-21-18-37-29(38-19-21)30(32,33)34)27-16-24(22-6-8-25(31)9-7-22)15-26(20(27)2)23-10-13-39-14-11-23/h5-9,12,15-16,18-19,23H,3-4,10-11,13-14,17H2,1-2H3,(H,35,36)/b12-5+. The molecule has 0 saturated carbocycles. The fourth-order valence-electron chi connectivity index (χ4n) is 4.57. The Morgan fingerprint density at radius 3 is 2.41 bits per heavy atom. The van der Waals surface area contributed by atoms with Crippen molar-refractivity contribution < 1.29 is 22.3 Å². The van der Waals surface area contributed by atoms with Gasteiger partial charge in [0.1, 0.15) is 11.7 Å². The maximum atomic E-state index is 13.7. The number of allylic oxidation sites excluding steroid dienone is 1. The molecule has 0 unspecified atom stereocenters. The van der Waals surface area contributed by atoms with Crippen molar-refractivity contribution in [2.24, 2.45) is 4.99 Å². The molecule has 0 spiro atoms. The second-order valence-electron chi connectivity index (χ2n) is 9.54. The maximum absolute atomic E-state index is 13.7. The van der Waals surface area contributed by atoms with E-state index < -0.39 is 12.0 Å². The van der Waals surface area contributed by atoms with Crippen LogP contribution in [0.25, 0.3) is 11.1 Å². The molecule has 0 radical (unpaired) electrons. The molecule has 1 fully saturated rings. The number of alkyl halides is 3. The molecule has 0 atom stereocenters. The molecule has 1 aliphatic heterocycles. The van der Waals surface area contributed by atoms with Crippen molar-refractivity contribution in [3.05, 3.63) is 95.0 Å². The van der Waals surface area contributed by atoms with Gasteiger partial charge in [0.25, 0.3) is 0 Å². The summed E-state index contributed by atoms with van der Waals surface area (Å²) in [6.07, 6.45) is 5.21. The average molecular weight is 541 g/mol. The molecule has 1 N–H and O–H groups in total. The molecule has 1 aliphatic rings. The topological polar surface area (TPSA) is 59.4 Å². The highest BCUT2D eigenvalue weighted by Gasteiger charge is 2.34. The number of halogens is 4. The summed E-state index contributed by atoms with van der Waals surface area (Å²) in [5.74, 6) is -0.602. The van der Waals surface area contributed by atoms with Gasteiger partial charge >= 0.3 is 6.18 Å². The molecular formula is C30H32F4N4O. The van der Waals surface area contributed by atoms with Crippen molar-refractivity contribution in [2.75, 3.05) is 13.2 Å². The van der Waals surface area contributed by atoms with Crippen molar-refractivity contribution in [3.8, 4) is 11.1 Å². The first-order valence-electron chi connectivity index (χ1n) is 13.1. The van der Waals surface area contributed by atoms with Gasteiger partial charge in [0.2, 0.25) is 5.82 Å². The number of ether oxygens (including phenoxy) is 1. The number of benzene rings is 2. The fourth-order valence-corrected chi connectivity index (χ4v) is 4.57. The van der Waals surface area contributed by atoms with E-state index in [0.717, 1.165) is 60.3 Å². The van der Waals surface area contributed by atoms with E-state index in [1.165, 1.54) is 17.7 Å². The quantitative estimate of drug-likeness (QED) is 0.184. The van der Waals surface area contributed by atoms with Gasteiger partial charge in [-0.1, -0.05) is 37.6 Å². The van der Waals surface area contributed by atoms with Crippen LogP contribution in [0.5, 0.6) is 0 Å². The maximum Gasteiger partial charge on any atom is 0.451 e. The lowest BCUT2D eigenvalue weighted by molar-refractivity contribution is -0.145. The zero-order valence-electron chi connectivity index (χ0n) is 22.1. The van der Waals surface area contributed by atoms with Crippen LogP contribution in [0, 0.1) is 12.7 Å². The van der Waals surface area contributed by atoms with Gasteiger partial charge in [-0.05, 0) is 78.8 Å². The molecule has 206 valence electrons. The number of amidine groups is 1.